The third-order valence-electron chi connectivity index (χ3n) is 2.23. The number of carbonyl (C=O) groups is 1. The van der Waals surface area contributed by atoms with E-state index >= 15 is 0 Å². The van der Waals surface area contributed by atoms with Gasteiger partial charge in [-0.15, -0.1) is 0 Å². The number of Topliss-reactive ketones (excluding diaryl/α,β-unsaturated/α-hetero) is 1. The number of rotatable bonds is 7. The maximum absolute atomic E-state index is 10.9. The first-order valence-corrected chi connectivity index (χ1v) is 5.24. The Balaban J connectivity index is 3.61. The number of carbonyl (C=O) groups excluding carboxylic acids is 1. The van der Waals surface area contributed by atoms with Crippen LogP contribution in [-0.4, -0.2) is 43.0 Å². The van der Waals surface area contributed by atoms with E-state index in [0.717, 1.165) is 13.2 Å². The molecule has 0 N–H and O–H groups in total. The highest BCUT2D eigenvalue weighted by atomic mass is 16.5. The normalized spacial score (nSPS) is 13.6. The summed E-state index contributed by atoms with van der Waals surface area (Å²) in [6.07, 6.45) is 0.907. The first-order valence-electron chi connectivity index (χ1n) is 5.24. The van der Waals surface area contributed by atoms with Crippen LogP contribution in [0.2, 0.25) is 0 Å². The van der Waals surface area contributed by atoms with Gasteiger partial charge >= 0.3 is 0 Å². The molecule has 0 bridgehead atoms. The lowest BCUT2D eigenvalue weighted by atomic mass is 10.1. The van der Waals surface area contributed by atoms with E-state index in [4.69, 9.17) is 4.74 Å². The Bertz CT molecular complexity index is 169. The first-order chi connectivity index (χ1) is 6.43. The van der Waals surface area contributed by atoms with Gasteiger partial charge in [-0.25, -0.2) is 0 Å². The maximum Gasteiger partial charge on any atom is 0.131 e. The summed E-state index contributed by atoms with van der Waals surface area (Å²) < 4.78 is 5.44. The minimum atomic E-state index is 0.245. The molecule has 0 rings (SSSR count). The zero-order valence-electron chi connectivity index (χ0n) is 10.0. The summed E-state index contributed by atoms with van der Waals surface area (Å²) in [4.78, 5) is 13.0. The van der Waals surface area contributed by atoms with Crippen LogP contribution in [0.5, 0.6) is 0 Å². The van der Waals surface area contributed by atoms with Crippen molar-refractivity contribution in [3.63, 3.8) is 0 Å². The average molecular weight is 201 g/mol. The number of likely N-dealkylation sites (N-methyl/N-ethyl adjacent to an activating group) is 1. The van der Waals surface area contributed by atoms with Crippen molar-refractivity contribution in [2.75, 3.05) is 20.2 Å². The van der Waals surface area contributed by atoms with Gasteiger partial charge in [-0.3, -0.25) is 4.79 Å². The quantitative estimate of drug-likeness (QED) is 0.628. The Morgan fingerprint density at radius 3 is 2.36 bits per heavy atom. The molecule has 0 aromatic rings. The van der Waals surface area contributed by atoms with E-state index in [1.165, 1.54) is 0 Å². The van der Waals surface area contributed by atoms with Gasteiger partial charge in [0.15, 0.2) is 0 Å². The van der Waals surface area contributed by atoms with E-state index in [9.17, 15) is 4.79 Å². The van der Waals surface area contributed by atoms with Gasteiger partial charge in [0.25, 0.3) is 0 Å². The van der Waals surface area contributed by atoms with E-state index in [1.807, 2.05) is 20.9 Å². The number of hydrogen-bond donors (Lipinski definition) is 0. The second-order valence-electron chi connectivity index (χ2n) is 4.16. The summed E-state index contributed by atoms with van der Waals surface area (Å²) >= 11 is 0. The second-order valence-corrected chi connectivity index (χ2v) is 4.16. The highest BCUT2D eigenvalue weighted by molar-refractivity contribution is 5.76. The van der Waals surface area contributed by atoms with Gasteiger partial charge in [0, 0.05) is 19.0 Å². The van der Waals surface area contributed by atoms with Crippen molar-refractivity contribution in [1.82, 2.24) is 4.90 Å². The molecule has 0 aliphatic carbocycles. The van der Waals surface area contributed by atoms with Gasteiger partial charge in [-0.05, 0) is 34.7 Å². The average Bonchev–Trinajstić information content (AvgIpc) is 2.01. The molecule has 0 aromatic carbocycles. The Kier molecular flexibility index (Phi) is 6.75. The van der Waals surface area contributed by atoms with Crippen LogP contribution in [-0.2, 0) is 9.53 Å². The summed E-state index contributed by atoms with van der Waals surface area (Å²) in [6.45, 7) is 9.37. The fraction of sp³-hybridized carbons (Fsp3) is 0.909. The summed E-state index contributed by atoms with van der Waals surface area (Å²) in [5, 5.41) is 0. The molecule has 14 heavy (non-hydrogen) atoms. The predicted octanol–water partition coefficient (Wildman–Crippen LogP) is 1.71. The summed E-state index contributed by atoms with van der Waals surface area (Å²) in [7, 11) is 2.03. The first kappa shape index (κ1) is 13.6. The smallest absolute Gasteiger partial charge is 0.131 e. The molecular weight excluding hydrogens is 178 g/mol. The molecule has 0 saturated carbocycles. The van der Waals surface area contributed by atoms with E-state index < -0.39 is 0 Å². The van der Waals surface area contributed by atoms with Crippen molar-refractivity contribution in [2.45, 2.75) is 46.3 Å². The van der Waals surface area contributed by atoms with Gasteiger partial charge in [0.1, 0.15) is 5.78 Å². The molecule has 0 heterocycles. The van der Waals surface area contributed by atoms with Crippen LogP contribution < -0.4 is 0 Å². The van der Waals surface area contributed by atoms with E-state index in [0.29, 0.717) is 12.5 Å². The van der Waals surface area contributed by atoms with Crippen molar-refractivity contribution in [1.29, 1.82) is 0 Å². The topological polar surface area (TPSA) is 29.5 Å². The van der Waals surface area contributed by atoms with Crippen LogP contribution >= 0.6 is 0 Å². The Morgan fingerprint density at radius 2 is 1.93 bits per heavy atom. The fourth-order valence-electron chi connectivity index (χ4n) is 1.22. The minimum absolute atomic E-state index is 0.245. The molecule has 1 atom stereocenters. The molecule has 1 unspecified atom stereocenters. The highest BCUT2D eigenvalue weighted by Gasteiger charge is 2.10. The Labute approximate surface area is 87.4 Å². The molecular formula is C11H23NO2. The largest absolute Gasteiger partial charge is 0.377 e. The van der Waals surface area contributed by atoms with Gasteiger partial charge in [0.2, 0.25) is 0 Å². The fourth-order valence-corrected chi connectivity index (χ4v) is 1.22. The van der Waals surface area contributed by atoms with Crippen LogP contribution in [0.15, 0.2) is 0 Å². The molecule has 0 amide bonds. The molecule has 3 heteroatoms. The molecule has 0 aliphatic heterocycles. The number of hydrogen-bond acceptors (Lipinski definition) is 3. The number of ketones is 1. The van der Waals surface area contributed by atoms with Crippen molar-refractivity contribution in [2.24, 2.45) is 0 Å². The Hall–Kier alpha value is -0.410. The van der Waals surface area contributed by atoms with Crippen molar-refractivity contribution < 1.29 is 9.53 Å². The summed E-state index contributed by atoms with van der Waals surface area (Å²) in [5.74, 6) is 0.245. The zero-order valence-corrected chi connectivity index (χ0v) is 10.0. The van der Waals surface area contributed by atoms with Crippen LogP contribution in [0.25, 0.3) is 0 Å². The van der Waals surface area contributed by atoms with Gasteiger partial charge in [-0.2, -0.15) is 0 Å². The highest BCUT2D eigenvalue weighted by Crippen LogP contribution is 2.01. The molecule has 0 spiro atoms. The molecule has 0 aliphatic rings. The minimum Gasteiger partial charge on any atom is -0.377 e. The van der Waals surface area contributed by atoms with Crippen molar-refractivity contribution >= 4 is 5.78 Å². The zero-order chi connectivity index (χ0) is 11.1. The SMILES string of the molecule is CC(=O)CC(C)N(C)CCOC(C)C. The van der Waals surface area contributed by atoms with Crippen LogP contribution in [0.3, 0.4) is 0 Å². The number of nitrogens with zero attached hydrogens (tertiary/aromatic N) is 1. The molecule has 0 radical (unpaired) electrons. The van der Waals surface area contributed by atoms with Gasteiger partial charge in [0.05, 0.1) is 12.7 Å². The molecule has 3 nitrogen and oxygen atoms in total. The lowest BCUT2D eigenvalue weighted by Gasteiger charge is -2.24. The molecule has 0 aromatic heterocycles. The van der Waals surface area contributed by atoms with E-state index in [2.05, 4.69) is 11.8 Å². The van der Waals surface area contributed by atoms with Gasteiger partial charge in [-0.1, -0.05) is 0 Å². The molecule has 0 fully saturated rings. The lowest BCUT2D eigenvalue weighted by molar-refractivity contribution is -0.118. The maximum atomic E-state index is 10.9. The third-order valence-corrected chi connectivity index (χ3v) is 2.23. The summed E-state index contributed by atoms with van der Waals surface area (Å²) in [5.41, 5.74) is 0. The summed E-state index contributed by atoms with van der Waals surface area (Å²) in [6, 6.07) is 0.309. The van der Waals surface area contributed by atoms with Crippen LogP contribution in [0, 0.1) is 0 Å². The van der Waals surface area contributed by atoms with Crippen LogP contribution in [0.4, 0.5) is 0 Å². The predicted molar refractivity (Wildman–Crippen MR) is 58.5 cm³/mol. The third kappa shape index (κ3) is 7.04. The monoisotopic (exact) mass is 201 g/mol. The standard InChI is InChI=1S/C11H23NO2/c1-9(2)14-7-6-12(5)10(3)8-11(4)13/h9-10H,6-8H2,1-5H3. The van der Waals surface area contributed by atoms with E-state index in [1.54, 1.807) is 6.92 Å². The lowest BCUT2D eigenvalue weighted by Crippen LogP contribution is -2.33. The van der Waals surface area contributed by atoms with Gasteiger partial charge < -0.3 is 9.64 Å². The van der Waals surface area contributed by atoms with Crippen molar-refractivity contribution in [3.05, 3.63) is 0 Å². The molecule has 84 valence electrons. The second kappa shape index (κ2) is 6.96. The number of ether oxygens (including phenoxy) is 1. The van der Waals surface area contributed by atoms with Crippen molar-refractivity contribution in [3.8, 4) is 0 Å². The van der Waals surface area contributed by atoms with Crippen LogP contribution in [0.1, 0.15) is 34.1 Å². The Morgan fingerprint density at radius 1 is 1.36 bits per heavy atom. The molecule has 0 saturated heterocycles. The van der Waals surface area contributed by atoms with E-state index in [-0.39, 0.29) is 11.9 Å².